The molecule has 4 nitrogen and oxygen atoms in total. The van der Waals surface area contributed by atoms with Gasteiger partial charge in [-0.25, -0.2) is 0 Å². The molecule has 0 aliphatic carbocycles. The summed E-state index contributed by atoms with van der Waals surface area (Å²) >= 11 is 2.92. The highest BCUT2D eigenvalue weighted by atomic mass is 79.9. The molecule has 0 aliphatic rings. The van der Waals surface area contributed by atoms with Gasteiger partial charge in [0.15, 0.2) is 0 Å². The van der Waals surface area contributed by atoms with Gasteiger partial charge >= 0.3 is 6.18 Å². The van der Waals surface area contributed by atoms with E-state index in [1.807, 2.05) is 0 Å². The number of benzene rings is 1. The lowest BCUT2D eigenvalue weighted by molar-refractivity contribution is -0.137. The molecule has 0 heterocycles. The van der Waals surface area contributed by atoms with E-state index in [-0.39, 0.29) is 30.0 Å². The van der Waals surface area contributed by atoms with Crippen LogP contribution in [0.1, 0.15) is 5.56 Å². The van der Waals surface area contributed by atoms with E-state index >= 15 is 0 Å². The van der Waals surface area contributed by atoms with Gasteiger partial charge in [-0.2, -0.15) is 13.2 Å². The summed E-state index contributed by atoms with van der Waals surface area (Å²) in [6.07, 6.45) is -4.49. The predicted molar refractivity (Wildman–Crippen MR) is 71.2 cm³/mol. The minimum absolute atomic E-state index is 0.0270. The Balaban J connectivity index is 3.00. The topological polar surface area (TPSA) is 47.6 Å². The zero-order chi connectivity index (χ0) is 15.2. The van der Waals surface area contributed by atoms with E-state index in [0.717, 1.165) is 12.1 Å². The number of carbonyl (C=O) groups excluding carboxylic acids is 1. The molecule has 0 spiro atoms. The fourth-order valence-corrected chi connectivity index (χ4v) is 1.49. The number of rotatable bonds is 6. The number of hydrogen-bond donors (Lipinski definition) is 1. The van der Waals surface area contributed by atoms with Crippen molar-refractivity contribution in [3.63, 3.8) is 0 Å². The second-order valence-electron chi connectivity index (χ2n) is 3.73. The number of nitrogens with one attached hydrogen (secondary N) is 1. The number of anilines is 1. The monoisotopic (exact) mass is 355 g/mol. The maximum Gasteiger partial charge on any atom is 0.416 e. The van der Waals surface area contributed by atoms with Crippen molar-refractivity contribution in [1.82, 2.24) is 0 Å². The number of hydrogen-bond acceptors (Lipinski definition) is 3. The van der Waals surface area contributed by atoms with E-state index in [0.29, 0.717) is 0 Å². The Morgan fingerprint density at radius 3 is 2.60 bits per heavy atom. The Morgan fingerprint density at radius 1 is 1.35 bits per heavy atom. The third-order valence-corrected chi connectivity index (χ3v) is 2.76. The van der Waals surface area contributed by atoms with Crippen LogP contribution in [0.4, 0.5) is 18.9 Å². The number of alkyl halides is 4. The van der Waals surface area contributed by atoms with Crippen molar-refractivity contribution in [2.45, 2.75) is 6.18 Å². The molecule has 8 heteroatoms. The molecule has 0 saturated heterocycles. The molecule has 0 unspecified atom stereocenters. The normalized spacial score (nSPS) is 11.2. The summed E-state index contributed by atoms with van der Waals surface area (Å²) in [6.45, 7) is 0.450. The molecule has 0 aromatic heterocycles. The van der Waals surface area contributed by atoms with Gasteiger partial charge in [0.05, 0.1) is 23.2 Å². The quantitative estimate of drug-likeness (QED) is 0.630. The van der Waals surface area contributed by atoms with Gasteiger partial charge in [-0.1, -0.05) is 15.9 Å². The predicted octanol–water partition coefficient (Wildman–Crippen LogP) is 3.06. The molecule has 0 radical (unpaired) electrons. The molecule has 0 aliphatic heterocycles. The lowest BCUT2D eigenvalue weighted by Crippen LogP contribution is -2.15. The van der Waals surface area contributed by atoms with E-state index in [2.05, 4.69) is 21.2 Å². The van der Waals surface area contributed by atoms with Gasteiger partial charge in [0.1, 0.15) is 12.4 Å². The highest BCUT2D eigenvalue weighted by Crippen LogP contribution is 2.35. The zero-order valence-electron chi connectivity index (χ0n) is 10.6. The maximum absolute atomic E-state index is 12.6. The SMILES string of the molecule is COCCOc1ccc(C(F)(F)F)cc1NC(=O)CBr. The number of halogens is 4. The average molecular weight is 356 g/mol. The van der Waals surface area contributed by atoms with Crippen LogP contribution in [0.25, 0.3) is 0 Å². The molecule has 1 aromatic rings. The Labute approximate surface area is 122 Å². The third kappa shape index (κ3) is 5.01. The largest absolute Gasteiger partial charge is 0.489 e. The summed E-state index contributed by atoms with van der Waals surface area (Å²) in [5.74, 6) is -0.315. The van der Waals surface area contributed by atoms with Crippen molar-refractivity contribution in [2.75, 3.05) is 31.0 Å². The second-order valence-corrected chi connectivity index (χ2v) is 4.29. The molecule has 112 valence electrons. The van der Waals surface area contributed by atoms with Crippen molar-refractivity contribution in [3.8, 4) is 5.75 Å². The fraction of sp³-hybridized carbons (Fsp3) is 0.417. The minimum Gasteiger partial charge on any atom is -0.489 e. The van der Waals surface area contributed by atoms with Crippen molar-refractivity contribution in [1.29, 1.82) is 0 Å². The molecule has 20 heavy (non-hydrogen) atoms. The van der Waals surface area contributed by atoms with E-state index in [9.17, 15) is 18.0 Å². The van der Waals surface area contributed by atoms with Crippen LogP contribution in [0.5, 0.6) is 5.75 Å². The van der Waals surface area contributed by atoms with Crippen LogP contribution in [-0.2, 0) is 15.7 Å². The Kier molecular flexibility index (Phi) is 6.28. The summed E-state index contributed by atoms with van der Waals surface area (Å²) in [6, 6.07) is 2.90. The lowest BCUT2D eigenvalue weighted by atomic mass is 10.1. The first-order chi connectivity index (χ1) is 9.38. The molecule has 1 N–H and O–H groups in total. The summed E-state index contributed by atoms with van der Waals surface area (Å²) < 4.78 is 48.0. The van der Waals surface area contributed by atoms with Crippen LogP contribution in [-0.4, -0.2) is 31.6 Å². The molecular formula is C12H13BrF3NO3. The first-order valence-electron chi connectivity index (χ1n) is 5.57. The van der Waals surface area contributed by atoms with Crippen molar-refractivity contribution < 1.29 is 27.4 Å². The molecule has 0 fully saturated rings. The van der Waals surface area contributed by atoms with Gasteiger partial charge in [-0.05, 0) is 18.2 Å². The van der Waals surface area contributed by atoms with Crippen molar-refractivity contribution in [3.05, 3.63) is 23.8 Å². The molecular weight excluding hydrogens is 343 g/mol. The van der Waals surface area contributed by atoms with Gasteiger partial charge in [-0.3, -0.25) is 4.79 Å². The summed E-state index contributed by atoms with van der Waals surface area (Å²) in [5.41, 5.74) is -0.887. The van der Waals surface area contributed by atoms with Crippen LogP contribution in [0.15, 0.2) is 18.2 Å². The smallest absolute Gasteiger partial charge is 0.416 e. The number of amides is 1. The standard InChI is InChI=1S/C12H13BrF3NO3/c1-19-4-5-20-10-3-2-8(12(14,15)16)6-9(10)17-11(18)7-13/h2-3,6H,4-5,7H2,1H3,(H,17,18). The van der Waals surface area contributed by atoms with Gasteiger partial charge in [0, 0.05) is 7.11 Å². The van der Waals surface area contributed by atoms with E-state index in [1.165, 1.54) is 13.2 Å². The number of ether oxygens (including phenoxy) is 2. The van der Waals surface area contributed by atoms with Gasteiger partial charge in [0.25, 0.3) is 0 Å². The molecule has 1 amide bonds. The molecule has 1 aromatic carbocycles. The van der Waals surface area contributed by atoms with E-state index < -0.39 is 17.6 Å². The fourth-order valence-electron chi connectivity index (χ4n) is 1.35. The highest BCUT2D eigenvalue weighted by Gasteiger charge is 2.31. The second kappa shape index (κ2) is 7.49. The first-order valence-corrected chi connectivity index (χ1v) is 6.69. The lowest BCUT2D eigenvalue weighted by Gasteiger charge is -2.14. The van der Waals surface area contributed by atoms with Gasteiger partial charge in [0.2, 0.25) is 5.91 Å². The highest BCUT2D eigenvalue weighted by molar-refractivity contribution is 9.09. The number of methoxy groups -OCH3 is 1. The first kappa shape index (κ1) is 16.8. The van der Waals surface area contributed by atoms with Crippen LogP contribution in [0.2, 0.25) is 0 Å². The Hall–Kier alpha value is -1.28. The summed E-state index contributed by atoms with van der Waals surface area (Å²) in [5, 5.41) is 2.32. The molecule has 0 saturated carbocycles. The van der Waals surface area contributed by atoms with E-state index in [4.69, 9.17) is 9.47 Å². The average Bonchev–Trinajstić information content (AvgIpc) is 2.39. The van der Waals surface area contributed by atoms with Crippen LogP contribution >= 0.6 is 15.9 Å². The zero-order valence-corrected chi connectivity index (χ0v) is 12.2. The minimum atomic E-state index is -4.49. The van der Waals surface area contributed by atoms with Gasteiger partial charge in [-0.15, -0.1) is 0 Å². The molecule has 1 rings (SSSR count). The Bertz CT molecular complexity index is 466. The Morgan fingerprint density at radius 2 is 2.05 bits per heavy atom. The number of carbonyl (C=O) groups is 1. The molecule has 0 atom stereocenters. The molecule has 0 bridgehead atoms. The third-order valence-electron chi connectivity index (χ3n) is 2.25. The van der Waals surface area contributed by atoms with Crippen LogP contribution in [0, 0.1) is 0 Å². The van der Waals surface area contributed by atoms with Gasteiger partial charge < -0.3 is 14.8 Å². The van der Waals surface area contributed by atoms with E-state index in [1.54, 1.807) is 0 Å². The van der Waals surface area contributed by atoms with Crippen LogP contribution < -0.4 is 10.1 Å². The van der Waals surface area contributed by atoms with Crippen molar-refractivity contribution >= 4 is 27.5 Å². The summed E-state index contributed by atoms with van der Waals surface area (Å²) in [7, 11) is 1.48. The van der Waals surface area contributed by atoms with Crippen LogP contribution in [0.3, 0.4) is 0 Å². The van der Waals surface area contributed by atoms with Crippen molar-refractivity contribution in [2.24, 2.45) is 0 Å². The summed E-state index contributed by atoms with van der Waals surface area (Å²) in [4.78, 5) is 11.3. The maximum atomic E-state index is 12.6.